The van der Waals surface area contributed by atoms with Gasteiger partial charge in [-0.25, -0.2) is 0 Å². The fourth-order valence-corrected chi connectivity index (χ4v) is 3.92. The van der Waals surface area contributed by atoms with Crippen molar-refractivity contribution in [1.29, 1.82) is 5.26 Å². The van der Waals surface area contributed by atoms with Crippen LogP contribution in [0.2, 0.25) is 0 Å². The van der Waals surface area contributed by atoms with E-state index in [4.69, 9.17) is 0 Å². The highest BCUT2D eigenvalue weighted by atomic mass is 32.2. The molecule has 0 radical (unpaired) electrons. The van der Waals surface area contributed by atoms with Crippen molar-refractivity contribution in [2.24, 2.45) is 0 Å². The Balaban J connectivity index is 2.17. The Hall–Kier alpha value is -1.50. The number of nitrogens with zero attached hydrogens (tertiary/aromatic N) is 2. The molecule has 0 bridgehead atoms. The molecule has 108 valence electrons. The van der Waals surface area contributed by atoms with E-state index in [9.17, 15) is 5.26 Å². The monoisotopic (exact) mass is 296 g/mol. The molecule has 3 heteroatoms. The maximum Gasteiger partial charge on any atom is 0.101 e. The van der Waals surface area contributed by atoms with Crippen LogP contribution in [0.25, 0.3) is 0 Å². The predicted molar refractivity (Wildman–Crippen MR) is 88.6 cm³/mol. The summed E-state index contributed by atoms with van der Waals surface area (Å²) in [5.74, 6) is 0.370. The van der Waals surface area contributed by atoms with Gasteiger partial charge in [0.25, 0.3) is 0 Å². The van der Waals surface area contributed by atoms with E-state index >= 15 is 0 Å². The molecule has 1 aliphatic carbocycles. The molecule has 0 atom stereocenters. The Bertz CT molecular complexity index is 640. The lowest BCUT2D eigenvalue weighted by Crippen LogP contribution is -2.32. The number of allylic oxidation sites excluding steroid dienone is 4. The lowest BCUT2D eigenvalue weighted by atomic mass is 9.86. The van der Waals surface area contributed by atoms with Gasteiger partial charge < -0.3 is 0 Å². The zero-order valence-electron chi connectivity index (χ0n) is 12.6. The Morgan fingerprint density at radius 1 is 1.33 bits per heavy atom. The lowest BCUT2D eigenvalue weighted by molar-refractivity contribution is 0.266. The molecule has 2 aliphatic rings. The first kappa shape index (κ1) is 14.4. The highest BCUT2D eigenvalue weighted by Gasteiger charge is 2.25. The van der Waals surface area contributed by atoms with E-state index in [1.807, 2.05) is 0 Å². The fourth-order valence-electron chi connectivity index (χ4n) is 3.30. The van der Waals surface area contributed by atoms with E-state index in [1.165, 1.54) is 16.7 Å². The SMILES string of the molecule is CCN1CCc2c(C#N)c(SC)cc(C3C=CC=C3)c2C1. The van der Waals surface area contributed by atoms with Gasteiger partial charge in [-0.3, -0.25) is 4.90 Å². The van der Waals surface area contributed by atoms with Crippen molar-refractivity contribution in [2.75, 3.05) is 19.3 Å². The summed E-state index contributed by atoms with van der Waals surface area (Å²) in [4.78, 5) is 3.60. The first-order valence-electron chi connectivity index (χ1n) is 7.48. The second kappa shape index (κ2) is 6.09. The average Bonchev–Trinajstić information content (AvgIpc) is 3.06. The van der Waals surface area contributed by atoms with E-state index in [1.54, 1.807) is 11.8 Å². The number of hydrogen-bond donors (Lipinski definition) is 0. The van der Waals surface area contributed by atoms with E-state index in [0.717, 1.165) is 36.5 Å². The number of thioether (sulfide) groups is 1. The minimum Gasteiger partial charge on any atom is -0.299 e. The highest BCUT2D eigenvalue weighted by molar-refractivity contribution is 7.98. The van der Waals surface area contributed by atoms with Crippen molar-refractivity contribution in [3.8, 4) is 6.07 Å². The van der Waals surface area contributed by atoms with Gasteiger partial charge in [-0.15, -0.1) is 11.8 Å². The maximum absolute atomic E-state index is 9.58. The first-order chi connectivity index (χ1) is 10.3. The molecule has 0 aromatic heterocycles. The van der Waals surface area contributed by atoms with Gasteiger partial charge in [0.05, 0.1) is 5.56 Å². The molecule has 0 N–H and O–H groups in total. The number of benzene rings is 1. The summed E-state index contributed by atoms with van der Waals surface area (Å²) in [5.41, 5.74) is 4.97. The Kier molecular flexibility index (Phi) is 4.19. The normalized spacial score (nSPS) is 18.0. The third-order valence-electron chi connectivity index (χ3n) is 4.49. The van der Waals surface area contributed by atoms with Crippen molar-refractivity contribution >= 4 is 11.8 Å². The van der Waals surface area contributed by atoms with Crippen LogP contribution in [0.5, 0.6) is 0 Å². The standard InChI is InChI=1S/C18H20N2S/c1-3-20-9-8-14-16(11-19)18(21-2)10-15(17(14)12-20)13-6-4-5-7-13/h4-7,10,13H,3,8-9,12H2,1-2H3. The van der Waals surface area contributed by atoms with Crippen LogP contribution in [0.15, 0.2) is 35.3 Å². The van der Waals surface area contributed by atoms with Gasteiger partial charge in [-0.05, 0) is 42.0 Å². The van der Waals surface area contributed by atoms with Gasteiger partial charge in [0.1, 0.15) is 6.07 Å². The maximum atomic E-state index is 9.58. The third-order valence-corrected chi connectivity index (χ3v) is 5.26. The van der Waals surface area contributed by atoms with Crippen molar-refractivity contribution in [1.82, 2.24) is 4.90 Å². The summed E-state index contributed by atoms with van der Waals surface area (Å²) in [6.07, 6.45) is 11.8. The summed E-state index contributed by atoms with van der Waals surface area (Å²) >= 11 is 1.69. The zero-order valence-corrected chi connectivity index (χ0v) is 13.4. The van der Waals surface area contributed by atoms with E-state index in [-0.39, 0.29) is 0 Å². The van der Waals surface area contributed by atoms with Gasteiger partial charge in [0.15, 0.2) is 0 Å². The van der Waals surface area contributed by atoms with Gasteiger partial charge in [0, 0.05) is 23.9 Å². The lowest BCUT2D eigenvalue weighted by Gasteiger charge is -2.31. The molecule has 0 amide bonds. The van der Waals surface area contributed by atoms with Crippen molar-refractivity contribution in [3.63, 3.8) is 0 Å². The molecule has 0 fully saturated rings. The van der Waals surface area contributed by atoms with Gasteiger partial charge >= 0.3 is 0 Å². The quantitative estimate of drug-likeness (QED) is 0.792. The second-order valence-electron chi connectivity index (χ2n) is 5.53. The van der Waals surface area contributed by atoms with E-state index < -0.39 is 0 Å². The van der Waals surface area contributed by atoms with Gasteiger partial charge in [-0.2, -0.15) is 5.26 Å². The van der Waals surface area contributed by atoms with Crippen LogP contribution >= 0.6 is 11.8 Å². The van der Waals surface area contributed by atoms with Crippen LogP contribution in [0.1, 0.15) is 35.1 Å². The minimum atomic E-state index is 0.370. The number of likely N-dealkylation sites (N-methyl/N-ethyl adjacent to an activating group) is 1. The van der Waals surface area contributed by atoms with Crippen LogP contribution in [0.4, 0.5) is 0 Å². The van der Waals surface area contributed by atoms with Gasteiger partial charge in [-0.1, -0.05) is 31.2 Å². The van der Waals surface area contributed by atoms with Crippen LogP contribution in [-0.2, 0) is 13.0 Å². The third kappa shape index (κ3) is 2.54. The molecule has 0 saturated heterocycles. The minimum absolute atomic E-state index is 0.370. The topological polar surface area (TPSA) is 27.0 Å². The van der Waals surface area contributed by atoms with Crippen LogP contribution < -0.4 is 0 Å². The largest absolute Gasteiger partial charge is 0.299 e. The Morgan fingerprint density at radius 3 is 2.71 bits per heavy atom. The number of rotatable bonds is 3. The molecule has 2 nitrogen and oxygen atoms in total. The summed E-state index contributed by atoms with van der Waals surface area (Å²) in [7, 11) is 0. The molecule has 1 aromatic rings. The summed E-state index contributed by atoms with van der Waals surface area (Å²) in [6.45, 7) is 5.32. The predicted octanol–water partition coefficient (Wildman–Crippen LogP) is 3.87. The van der Waals surface area contributed by atoms with Gasteiger partial charge in [0.2, 0.25) is 0 Å². The number of nitriles is 1. The van der Waals surface area contributed by atoms with E-state index in [0.29, 0.717) is 5.92 Å². The van der Waals surface area contributed by atoms with Crippen LogP contribution in [0.3, 0.4) is 0 Å². The Morgan fingerprint density at radius 2 is 2.10 bits per heavy atom. The molecule has 0 spiro atoms. The molecule has 3 rings (SSSR count). The molecule has 1 aromatic carbocycles. The molecule has 0 saturated carbocycles. The molecule has 1 aliphatic heterocycles. The molecular formula is C18H20N2S. The zero-order chi connectivity index (χ0) is 14.8. The van der Waals surface area contributed by atoms with Crippen molar-refractivity contribution in [2.45, 2.75) is 30.7 Å². The smallest absolute Gasteiger partial charge is 0.101 e. The highest BCUT2D eigenvalue weighted by Crippen LogP contribution is 2.37. The second-order valence-corrected chi connectivity index (χ2v) is 6.37. The summed E-state index contributed by atoms with van der Waals surface area (Å²) in [6, 6.07) is 4.69. The molecule has 1 heterocycles. The Labute approximate surface area is 131 Å². The number of fused-ring (bicyclic) bond motifs is 1. The number of hydrogen-bond acceptors (Lipinski definition) is 3. The molecular weight excluding hydrogens is 276 g/mol. The molecule has 0 unspecified atom stereocenters. The molecule has 21 heavy (non-hydrogen) atoms. The van der Waals surface area contributed by atoms with Crippen LogP contribution in [-0.4, -0.2) is 24.2 Å². The van der Waals surface area contributed by atoms with Crippen LogP contribution in [0, 0.1) is 11.3 Å². The fraction of sp³-hybridized carbons (Fsp3) is 0.389. The van der Waals surface area contributed by atoms with Crippen molar-refractivity contribution < 1.29 is 0 Å². The summed E-state index contributed by atoms with van der Waals surface area (Å²) in [5, 5.41) is 9.58. The average molecular weight is 296 g/mol. The summed E-state index contributed by atoms with van der Waals surface area (Å²) < 4.78 is 0. The van der Waals surface area contributed by atoms with E-state index in [2.05, 4.69) is 54.5 Å². The van der Waals surface area contributed by atoms with Crippen molar-refractivity contribution in [3.05, 3.63) is 52.6 Å². The first-order valence-corrected chi connectivity index (χ1v) is 8.71.